The molecular weight excluding hydrogens is 334 g/mol. The molecule has 2 N–H and O–H groups in total. The van der Waals surface area contributed by atoms with Gasteiger partial charge in [0, 0.05) is 19.3 Å². The molecule has 17 heavy (non-hydrogen) atoms. The van der Waals surface area contributed by atoms with Gasteiger partial charge in [0.1, 0.15) is 5.82 Å². The van der Waals surface area contributed by atoms with Crippen LogP contribution in [0.4, 0.5) is 4.39 Å². The van der Waals surface area contributed by atoms with Crippen molar-refractivity contribution in [2.24, 2.45) is 10.7 Å². The zero-order chi connectivity index (χ0) is 12.0. The summed E-state index contributed by atoms with van der Waals surface area (Å²) in [5.74, 6) is 0.0775. The van der Waals surface area contributed by atoms with E-state index in [0.29, 0.717) is 11.7 Å². The van der Waals surface area contributed by atoms with Gasteiger partial charge in [-0.3, -0.25) is 4.98 Å². The Kier molecular flexibility index (Phi) is 7.77. The number of halogens is 2. The van der Waals surface area contributed by atoms with E-state index in [4.69, 9.17) is 5.73 Å². The highest BCUT2D eigenvalue weighted by Crippen LogP contribution is 2.03. The first-order chi connectivity index (χ1) is 7.69. The average molecular weight is 352 g/mol. The maximum atomic E-state index is 13.2. The maximum absolute atomic E-state index is 13.2. The zero-order valence-corrected chi connectivity index (χ0v) is 12.4. The molecule has 1 rings (SSSR count). The average Bonchev–Trinajstić information content (AvgIpc) is 2.29. The Morgan fingerprint density at radius 3 is 2.65 bits per heavy atom. The SMILES string of the molecule is CCN(CC)C(N)=NCc1ncccc1F.I. The van der Waals surface area contributed by atoms with Crippen molar-refractivity contribution in [2.75, 3.05) is 13.1 Å². The van der Waals surface area contributed by atoms with E-state index in [-0.39, 0.29) is 36.3 Å². The molecule has 0 aromatic carbocycles. The van der Waals surface area contributed by atoms with Gasteiger partial charge in [0.05, 0.1) is 12.2 Å². The Balaban J connectivity index is 0.00000256. The number of pyridine rings is 1. The molecule has 0 radical (unpaired) electrons. The summed E-state index contributed by atoms with van der Waals surface area (Å²) in [6, 6.07) is 2.92. The quantitative estimate of drug-likeness (QED) is 0.512. The molecule has 4 nitrogen and oxygen atoms in total. The van der Waals surface area contributed by atoms with E-state index in [1.165, 1.54) is 6.07 Å². The molecule has 1 heterocycles. The third-order valence-corrected chi connectivity index (χ3v) is 2.31. The molecule has 0 atom stereocenters. The summed E-state index contributed by atoms with van der Waals surface area (Å²) in [6.07, 6.45) is 1.54. The summed E-state index contributed by atoms with van der Waals surface area (Å²) >= 11 is 0. The van der Waals surface area contributed by atoms with Crippen molar-refractivity contribution in [3.05, 3.63) is 29.8 Å². The van der Waals surface area contributed by atoms with Crippen LogP contribution in [-0.4, -0.2) is 28.9 Å². The molecule has 6 heteroatoms. The number of nitrogens with zero attached hydrogens (tertiary/aromatic N) is 3. The molecule has 1 aromatic rings. The zero-order valence-electron chi connectivity index (χ0n) is 10.1. The van der Waals surface area contributed by atoms with E-state index in [9.17, 15) is 4.39 Å². The van der Waals surface area contributed by atoms with Crippen LogP contribution >= 0.6 is 24.0 Å². The van der Waals surface area contributed by atoms with Crippen molar-refractivity contribution in [2.45, 2.75) is 20.4 Å². The van der Waals surface area contributed by atoms with Gasteiger partial charge < -0.3 is 10.6 Å². The van der Waals surface area contributed by atoms with Gasteiger partial charge in [-0.05, 0) is 26.0 Å². The largest absolute Gasteiger partial charge is 0.370 e. The summed E-state index contributed by atoms with van der Waals surface area (Å²) in [6.45, 7) is 5.74. The Labute approximate surface area is 118 Å². The third-order valence-electron chi connectivity index (χ3n) is 2.31. The van der Waals surface area contributed by atoms with Gasteiger partial charge in [0.15, 0.2) is 5.96 Å². The van der Waals surface area contributed by atoms with Crippen molar-refractivity contribution in [3.8, 4) is 0 Å². The Hall–Kier alpha value is -0.920. The lowest BCUT2D eigenvalue weighted by atomic mass is 10.3. The molecule has 1 aromatic heterocycles. The first-order valence-electron chi connectivity index (χ1n) is 5.33. The number of hydrogen-bond donors (Lipinski definition) is 1. The molecule has 0 saturated carbocycles. The number of hydrogen-bond acceptors (Lipinski definition) is 2. The maximum Gasteiger partial charge on any atom is 0.191 e. The normalized spacial score (nSPS) is 10.9. The van der Waals surface area contributed by atoms with E-state index in [1.807, 2.05) is 18.7 Å². The molecule has 0 unspecified atom stereocenters. The monoisotopic (exact) mass is 352 g/mol. The molecule has 0 aliphatic heterocycles. The molecule has 0 saturated heterocycles. The fourth-order valence-electron chi connectivity index (χ4n) is 1.34. The van der Waals surface area contributed by atoms with Crippen molar-refractivity contribution in [3.63, 3.8) is 0 Å². The number of rotatable bonds is 4. The van der Waals surface area contributed by atoms with Gasteiger partial charge in [-0.25, -0.2) is 9.38 Å². The van der Waals surface area contributed by atoms with E-state index in [1.54, 1.807) is 12.3 Å². The Morgan fingerprint density at radius 2 is 2.12 bits per heavy atom. The van der Waals surface area contributed by atoms with E-state index >= 15 is 0 Å². The van der Waals surface area contributed by atoms with Crippen LogP contribution in [0, 0.1) is 5.82 Å². The minimum Gasteiger partial charge on any atom is -0.370 e. The topological polar surface area (TPSA) is 54.5 Å². The van der Waals surface area contributed by atoms with Crippen LogP contribution in [0.5, 0.6) is 0 Å². The Morgan fingerprint density at radius 1 is 1.47 bits per heavy atom. The van der Waals surface area contributed by atoms with E-state index in [0.717, 1.165) is 13.1 Å². The fourth-order valence-corrected chi connectivity index (χ4v) is 1.34. The summed E-state index contributed by atoms with van der Waals surface area (Å²) in [4.78, 5) is 9.92. The van der Waals surface area contributed by atoms with Crippen LogP contribution in [0.3, 0.4) is 0 Å². The lowest BCUT2D eigenvalue weighted by Crippen LogP contribution is -2.37. The highest BCUT2D eigenvalue weighted by molar-refractivity contribution is 14.0. The third kappa shape index (κ3) is 4.84. The minimum atomic E-state index is -0.349. The van der Waals surface area contributed by atoms with Crippen LogP contribution < -0.4 is 5.73 Å². The molecular formula is C11H18FIN4. The number of guanidine groups is 1. The molecule has 0 bridgehead atoms. The van der Waals surface area contributed by atoms with Crippen molar-refractivity contribution < 1.29 is 4.39 Å². The van der Waals surface area contributed by atoms with Crippen LogP contribution in [0.1, 0.15) is 19.5 Å². The van der Waals surface area contributed by atoms with E-state index in [2.05, 4.69) is 9.98 Å². The summed E-state index contributed by atoms with van der Waals surface area (Å²) < 4.78 is 13.2. The van der Waals surface area contributed by atoms with Gasteiger partial charge in [-0.2, -0.15) is 0 Å². The second-order valence-electron chi connectivity index (χ2n) is 3.28. The number of aromatic nitrogens is 1. The first-order valence-corrected chi connectivity index (χ1v) is 5.33. The van der Waals surface area contributed by atoms with Gasteiger partial charge in [-0.15, -0.1) is 24.0 Å². The predicted octanol–water partition coefficient (Wildman–Crippen LogP) is 2.00. The van der Waals surface area contributed by atoms with Gasteiger partial charge in [0.2, 0.25) is 0 Å². The van der Waals surface area contributed by atoms with Crippen molar-refractivity contribution >= 4 is 29.9 Å². The van der Waals surface area contributed by atoms with Crippen molar-refractivity contribution in [1.29, 1.82) is 0 Å². The highest BCUT2D eigenvalue weighted by Gasteiger charge is 2.04. The lowest BCUT2D eigenvalue weighted by molar-refractivity contribution is 0.457. The fraction of sp³-hybridized carbons (Fsp3) is 0.455. The van der Waals surface area contributed by atoms with Gasteiger partial charge in [-0.1, -0.05) is 0 Å². The first kappa shape index (κ1) is 16.1. The van der Waals surface area contributed by atoms with Gasteiger partial charge in [0.25, 0.3) is 0 Å². The number of nitrogens with two attached hydrogens (primary N) is 1. The second-order valence-corrected chi connectivity index (χ2v) is 3.28. The molecule has 0 amide bonds. The molecule has 96 valence electrons. The smallest absolute Gasteiger partial charge is 0.191 e. The molecule has 0 spiro atoms. The summed E-state index contributed by atoms with van der Waals surface area (Å²) in [5.41, 5.74) is 6.08. The predicted molar refractivity (Wildman–Crippen MR) is 77.9 cm³/mol. The molecule has 0 aliphatic carbocycles. The highest BCUT2D eigenvalue weighted by atomic mass is 127. The van der Waals surface area contributed by atoms with E-state index < -0.39 is 0 Å². The molecule has 0 aliphatic rings. The Bertz CT molecular complexity index is 366. The standard InChI is InChI=1S/C11H17FN4.HI/c1-3-16(4-2)11(13)15-8-10-9(12)6-5-7-14-10;/h5-7H,3-4,8H2,1-2H3,(H2,13,15);1H. The van der Waals surface area contributed by atoms with Crippen LogP contribution in [0.2, 0.25) is 0 Å². The number of aliphatic imine (C=N–C) groups is 1. The van der Waals surface area contributed by atoms with Crippen molar-refractivity contribution in [1.82, 2.24) is 9.88 Å². The minimum absolute atomic E-state index is 0. The van der Waals surface area contributed by atoms with Gasteiger partial charge >= 0.3 is 0 Å². The second kappa shape index (κ2) is 8.21. The molecule has 0 fully saturated rings. The summed E-state index contributed by atoms with van der Waals surface area (Å²) in [5, 5.41) is 0. The van der Waals surface area contributed by atoms with Crippen LogP contribution in [0.25, 0.3) is 0 Å². The lowest BCUT2D eigenvalue weighted by Gasteiger charge is -2.19. The van der Waals surface area contributed by atoms with Crippen LogP contribution in [0.15, 0.2) is 23.3 Å². The van der Waals surface area contributed by atoms with Crippen LogP contribution in [-0.2, 0) is 6.54 Å². The summed E-state index contributed by atoms with van der Waals surface area (Å²) in [7, 11) is 0.